The van der Waals surface area contributed by atoms with Crippen molar-refractivity contribution >= 4 is 59.7 Å². The summed E-state index contributed by atoms with van der Waals surface area (Å²) in [5.41, 5.74) is 6.64. The van der Waals surface area contributed by atoms with Crippen LogP contribution >= 0.6 is 0 Å². The molecule has 38 heavy (non-hydrogen) atoms. The molecular weight excluding hydrogens is 630 g/mol. The van der Waals surface area contributed by atoms with Crippen LogP contribution in [0.15, 0.2) is 121 Å². The van der Waals surface area contributed by atoms with Crippen molar-refractivity contribution in [3.05, 3.63) is 138 Å². The minimum Gasteiger partial charge on any atom is -0.222 e. The van der Waals surface area contributed by atoms with Gasteiger partial charge in [0.05, 0.1) is 0 Å². The first kappa shape index (κ1) is 26.7. The largest absolute Gasteiger partial charge is 0.222 e. The molecule has 7 heteroatoms. The first-order chi connectivity index (χ1) is 18.3. The molecule has 5 aromatic rings. The first-order valence-electron chi connectivity index (χ1n) is 11.6. The van der Waals surface area contributed by atoms with Crippen molar-refractivity contribution in [1.82, 2.24) is 0 Å². The van der Waals surface area contributed by atoms with Gasteiger partial charge in [0, 0.05) is 0 Å². The minimum atomic E-state index is -4.94. The average molecular weight is 651 g/mol. The fourth-order valence-electron chi connectivity index (χ4n) is 4.22. The quantitative estimate of drug-likeness (QED) is 0.280. The van der Waals surface area contributed by atoms with Gasteiger partial charge in [-0.3, -0.25) is 0 Å². The van der Waals surface area contributed by atoms with Crippen LogP contribution in [0.2, 0.25) is 0 Å². The Morgan fingerprint density at radius 2 is 1.24 bits per heavy atom. The second-order valence-corrected chi connectivity index (χ2v) is 13.7. The van der Waals surface area contributed by atoms with Crippen molar-refractivity contribution < 1.29 is 28.9 Å². The monoisotopic (exact) mass is 652 g/mol. The van der Waals surface area contributed by atoms with Gasteiger partial charge in [-0.15, -0.1) is 10.2 Å². The normalized spacial score (nSPS) is 13.9. The molecule has 6 rings (SSSR count). The molecule has 2 heterocycles. The van der Waals surface area contributed by atoms with E-state index in [9.17, 15) is 0 Å². The third-order valence-electron chi connectivity index (χ3n) is 5.84. The summed E-state index contributed by atoms with van der Waals surface area (Å²) < 4.78 is 39.8. The minimum absolute atomic E-state index is 0.304. The van der Waals surface area contributed by atoms with Gasteiger partial charge in [-0.1, -0.05) is 0 Å². The Bertz CT molecular complexity index is 1620. The zero-order valence-electron chi connectivity index (χ0n) is 20.0. The summed E-state index contributed by atoms with van der Waals surface area (Å²) in [7, 11) is -4.94. The number of rotatable bonds is 3. The Balaban J connectivity index is 0.000000540. The maximum atomic E-state index is 8.49. The number of benzene rings is 4. The van der Waals surface area contributed by atoms with E-state index in [0.717, 1.165) is 0 Å². The molecule has 0 atom stereocenters. The molecule has 4 nitrogen and oxygen atoms in total. The molecule has 0 bridgehead atoms. The van der Waals surface area contributed by atoms with E-state index in [1.165, 1.54) is 50.8 Å². The van der Waals surface area contributed by atoms with E-state index in [4.69, 9.17) is 18.6 Å². The van der Waals surface area contributed by atoms with E-state index in [1.807, 2.05) is 0 Å². The molecular formula is C31H21ClO4Se2. The first-order valence-corrected chi connectivity index (χ1v) is 16.3. The average Bonchev–Trinajstić information content (AvgIpc) is 2.93. The van der Waals surface area contributed by atoms with Crippen molar-refractivity contribution in [3.8, 4) is 10.0 Å². The summed E-state index contributed by atoms with van der Waals surface area (Å²) in [6.07, 6.45) is 4.83. The SMILES string of the molecule is C1=C(c2ccccc2)[Se]c2ccccc2/C1=C/c1cc(-c2ccccc2)[se+]c2ccccc12.[O-][Cl+3]([O-])([O-])[O-]. The van der Waals surface area contributed by atoms with Crippen molar-refractivity contribution in [1.29, 1.82) is 0 Å². The van der Waals surface area contributed by atoms with Crippen LogP contribution in [0, 0.1) is 10.2 Å². The maximum absolute atomic E-state index is 8.49. The molecule has 0 spiro atoms. The Morgan fingerprint density at radius 1 is 0.658 bits per heavy atom. The molecule has 4 aromatic carbocycles. The second kappa shape index (κ2) is 11.9. The number of allylic oxidation sites excluding steroid dienone is 2. The van der Waals surface area contributed by atoms with Crippen molar-refractivity contribution in [2.75, 3.05) is 0 Å². The fourth-order valence-corrected chi connectivity index (χ4v) is 8.91. The van der Waals surface area contributed by atoms with Crippen LogP contribution in [0.1, 0.15) is 16.7 Å². The van der Waals surface area contributed by atoms with Gasteiger partial charge in [0.25, 0.3) is 0 Å². The number of hydrogen-bond donors (Lipinski definition) is 0. The Morgan fingerprint density at radius 3 is 1.95 bits per heavy atom. The smallest absolute Gasteiger partial charge is 0.112 e. The van der Waals surface area contributed by atoms with E-state index >= 15 is 0 Å². The Hall–Kier alpha value is -2.86. The van der Waals surface area contributed by atoms with Gasteiger partial charge in [0.2, 0.25) is 0 Å². The van der Waals surface area contributed by atoms with E-state index < -0.39 is 10.2 Å². The predicted molar refractivity (Wildman–Crippen MR) is 145 cm³/mol. The van der Waals surface area contributed by atoms with E-state index in [0.29, 0.717) is 29.5 Å². The van der Waals surface area contributed by atoms with Gasteiger partial charge in [-0.2, -0.15) is 0 Å². The zero-order valence-corrected chi connectivity index (χ0v) is 24.1. The van der Waals surface area contributed by atoms with Crippen LogP contribution < -0.4 is 23.1 Å². The standard InChI is InChI=1S/C31H21Se2.ClHO4/c1-3-11-22(12-4-1)30-20-24(26-15-7-9-17-28(26)32-30)19-25-21-31(23-13-5-2-6-14-23)33-29-18-10-8-16-27(25)29;2-1(3,4)5/h1-21H;(H,2,3,4,5)/q+1;/p-1. The van der Waals surface area contributed by atoms with Crippen LogP contribution in [0.25, 0.3) is 35.8 Å². The van der Waals surface area contributed by atoms with Crippen LogP contribution in [0.4, 0.5) is 0 Å². The van der Waals surface area contributed by atoms with E-state index in [-0.39, 0.29) is 0 Å². The molecule has 0 unspecified atom stereocenters. The van der Waals surface area contributed by atoms with Crippen molar-refractivity contribution in [2.24, 2.45) is 0 Å². The topological polar surface area (TPSA) is 92.2 Å². The van der Waals surface area contributed by atoms with E-state index in [1.54, 1.807) is 0 Å². The molecule has 1 aliphatic heterocycles. The predicted octanol–water partition coefficient (Wildman–Crippen LogP) is 2.01. The van der Waals surface area contributed by atoms with E-state index in [2.05, 4.69) is 127 Å². The Kier molecular flexibility index (Phi) is 8.37. The summed E-state index contributed by atoms with van der Waals surface area (Å²) in [5, 5.41) is 1.37. The fraction of sp³-hybridized carbons (Fsp3) is 0. The van der Waals surface area contributed by atoms with Gasteiger partial charge >= 0.3 is 208 Å². The van der Waals surface area contributed by atoms with Crippen LogP contribution in [0.5, 0.6) is 0 Å². The van der Waals surface area contributed by atoms with Gasteiger partial charge in [-0.25, -0.2) is 18.6 Å². The summed E-state index contributed by atoms with van der Waals surface area (Å²) in [6, 6.07) is 41.9. The molecule has 0 fully saturated rings. The Labute approximate surface area is 235 Å². The molecule has 0 N–H and O–H groups in total. The van der Waals surface area contributed by atoms with Gasteiger partial charge < -0.3 is 0 Å². The van der Waals surface area contributed by atoms with Crippen molar-refractivity contribution in [2.45, 2.75) is 0 Å². The third-order valence-corrected chi connectivity index (χ3v) is 10.7. The zero-order chi connectivity index (χ0) is 26.5. The molecule has 0 amide bonds. The van der Waals surface area contributed by atoms with Gasteiger partial charge in [-0.05, 0) is 0 Å². The summed E-state index contributed by atoms with van der Waals surface area (Å²) in [4.78, 5) is 0. The van der Waals surface area contributed by atoms with Crippen LogP contribution in [-0.2, 0) is 0 Å². The molecule has 0 radical (unpaired) electrons. The molecule has 1 aromatic heterocycles. The van der Waals surface area contributed by atoms with Gasteiger partial charge in [0.1, 0.15) is 0 Å². The van der Waals surface area contributed by atoms with Crippen LogP contribution in [-0.4, -0.2) is 29.5 Å². The second-order valence-electron chi connectivity index (χ2n) is 8.38. The number of fused-ring (bicyclic) bond motifs is 2. The van der Waals surface area contributed by atoms with Gasteiger partial charge in [0.15, 0.2) is 0 Å². The molecule has 0 saturated carbocycles. The molecule has 188 valence electrons. The van der Waals surface area contributed by atoms with Crippen LogP contribution in [0.3, 0.4) is 0 Å². The number of halogens is 1. The molecule has 0 saturated heterocycles. The summed E-state index contributed by atoms with van der Waals surface area (Å²) in [5.74, 6) is 0. The third kappa shape index (κ3) is 6.76. The molecule has 1 aliphatic rings. The molecule has 0 aliphatic carbocycles. The number of hydrogen-bond acceptors (Lipinski definition) is 4. The van der Waals surface area contributed by atoms with Crippen molar-refractivity contribution in [3.63, 3.8) is 0 Å². The summed E-state index contributed by atoms with van der Waals surface area (Å²) in [6.45, 7) is 0. The maximum Gasteiger partial charge on any atom is -0.112 e. The summed E-state index contributed by atoms with van der Waals surface area (Å²) >= 11 is 0.608.